The lowest BCUT2D eigenvalue weighted by Gasteiger charge is -2.01. The number of nitrogens with two attached hydrogens (primary N) is 1. The van der Waals surface area contributed by atoms with E-state index in [9.17, 15) is 13.2 Å². The molecule has 1 aromatic carbocycles. The van der Waals surface area contributed by atoms with E-state index >= 15 is 0 Å². The molecule has 0 saturated heterocycles. The van der Waals surface area contributed by atoms with Crippen molar-refractivity contribution in [1.82, 2.24) is 10.3 Å². The predicted octanol–water partition coefficient (Wildman–Crippen LogP) is 0.663. The Labute approximate surface area is 139 Å². The Morgan fingerprint density at radius 1 is 1.38 bits per heavy atom. The number of rotatable bonds is 2. The highest BCUT2D eigenvalue weighted by molar-refractivity contribution is 7.85. The molecule has 132 valence electrons. The molecule has 0 spiro atoms. The monoisotopic (exact) mass is 356 g/mol. The minimum absolute atomic E-state index is 0.0814. The first-order chi connectivity index (χ1) is 11.0. The largest absolute Gasteiger partial charge is 0.497 e. The molecule has 0 radical (unpaired) electrons. The molecule has 0 unspecified atom stereocenters. The molecule has 1 aromatic heterocycles. The summed E-state index contributed by atoms with van der Waals surface area (Å²) >= 11 is 0. The molecule has 2 rings (SSSR count). The minimum Gasteiger partial charge on any atom is -0.497 e. The number of guanidine groups is 1. The number of H-pyrrole nitrogens is 1. The molecule has 1 amide bonds. The van der Waals surface area contributed by atoms with E-state index in [4.69, 9.17) is 15.0 Å². The highest BCUT2D eigenvalue weighted by Gasteiger charge is 2.12. The fraction of sp³-hybridized carbons (Fsp3) is 0.286. The van der Waals surface area contributed by atoms with Gasteiger partial charge in [0.25, 0.3) is 16.0 Å². The molecular weight excluding hydrogens is 336 g/mol. The Morgan fingerprint density at radius 3 is 2.46 bits per heavy atom. The number of aromatic nitrogens is 1. The third-order valence-corrected chi connectivity index (χ3v) is 2.88. The van der Waals surface area contributed by atoms with Crippen LogP contribution in [0.25, 0.3) is 10.9 Å². The van der Waals surface area contributed by atoms with E-state index in [1.807, 2.05) is 19.1 Å². The number of nitrogens with one attached hydrogen (secondary N) is 2. The zero-order chi connectivity index (χ0) is 18.5. The van der Waals surface area contributed by atoms with Gasteiger partial charge in [0, 0.05) is 24.0 Å². The van der Waals surface area contributed by atoms with E-state index in [0.29, 0.717) is 11.9 Å². The summed E-state index contributed by atoms with van der Waals surface area (Å²) in [6, 6.07) is 5.54. The first kappa shape index (κ1) is 19.5. The standard InChI is InChI=1S/C13H16N4O2.CH4O3S/c1-7-4-8(19-3)5-10-9(7)6-11(16-10)12(18)17-13(14)15-2;1-5(2,3)4/h4-6,16H,1-3H3,(H3,14,15,17,18);1H3,(H,2,3,4). The Bertz CT molecular complexity index is 863. The van der Waals surface area contributed by atoms with E-state index < -0.39 is 10.1 Å². The molecule has 0 fully saturated rings. The Balaban J connectivity index is 0.000000505. The molecule has 9 nitrogen and oxygen atoms in total. The van der Waals surface area contributed by atoms with Gasteiger partial charge in [-0.3, -0.25) is 19.7 Å². The maximum Gasteiger partial charge on any atom is 0.274 e. The van der Waals surface area contributed by atoms with Crippen LogP contribution in [0.2, 0.25) is 0 Å². The van der Waals surface area contributed by atoms with Gasteiger partial charge in [-0.1, -0.05) is 0 Å². The van der Waals surface area contributed by atoms with Gasteiger partial charge in [0.05, 0.1) is 13.4 Å². The van der Waals surface area contributed by atoms with Crippen LogP contribution in [0.4, 0.5) is 0 Å². The van der Waals surface area contributed by atoms with Crippen molar-refractivity contribution >= 4 is 32.9 Å². The van der Waals surface area contributed by atoms with E-state index in [1.54, 1.807) is 13.2 Å². The smallest absolute Gasteiger partial charge is 0.274 e. The van der Waals surface area contributed by atoms with E-state index in [0.717, 1.165) is 22.2 Å². The summed E-state index contributed by atoms with van der Waals surface area (Å²) < 4.78 is 31.1. The van der Waals surface area contributed by atoms with Crippen LogP contribution >= 0.6 is 0 Å². The predicted molar refractivity (Wildman–Crippen MR) is 92.1 cm³/mol. The number of hydrogen-bond acceptors (Lipinski definition) is 5. The molecule has 5 N–H and O–H groups in total. The second-order valence-electron chi connectivity index (χ2n) is 4.88. The summed E-state index contributed by atoms with van der Waals surface area (Å²) in [5.41, 5.74) is 7.76. The number of carbonyl (C=O) groups is 1. The van der Waals surface area contributed by atoms with Crippen molar-refractivity contribution in [3.05, 3.63) is 29.5 Å². The summed E-state index contributed by atoms with van der Waals surface area (Å²) in [4.78, 5) is 18.6. The molecule has 0 aliphatic heterocycles. The van der Waals surface area contributed by atoms with Crippen molar-refractivity contribution in [2.75, 3.05) is 20.4 Å². The van der Waals surface area contributed by atoms with Crippen molar-refractivity contribution in [2.24, 2.45) is 10.7 Å². The van der Waals surface area contributed by atoms with Crippen molar-refractivity contribution in [2.45, 2.75) is 6.92 Å². The molecule has 0 aliphatic rings. The fourth-order valence-electron chi connectivity index (χ4n) is 1.87. The molecule has 10 heteroatoms. The number of aliphatic imine (C=N–C) groups is 1. The Hall–Kier alpha value is -2.59. The van der Waals surface area contributed by atoms with E-state index in [2.05, 4.69) is 15.3 Å². The van der Waals surface area contributed by atoms with Gasteiger partial charge in [-0.25, -0.2) is 0 Å². The van der Waals surface area contributed by atoms with Crippen molar-refractivity contribution in [3.63, 3.8) is 0 Å². The quantitative estimate of drug-likeness (QED) is 0.353. The molecular formula is C14H20N4O5S. The van der Waals surface area contributed by atoms with Gasteiger partial charge >= 0.3 is 0 Å². The number of fused-ring (bicyclic) bond motifs is 1. The molecule has 0 bridgehead atoms. The van der Waals surface area contributed by atoms with Crippen molar-refractivity contribution in [3.8, 4) is 5.75 Å². The van der Waals surface area contributed by atoms with Crippen LogP contribution in [0, 0.1) is 6.92 Å². The van der Waals surface area contributed by atoms with Crippen molar-refractivity contribution < 1.29 is 22.5 Å². The number of hydrogen-bond donors (Lipinski definition) is 4. The first-order valence-electron chi connectivity index (χ1n) is 6.68. The summed E-state index contributed by atoms with van der Waals surface area (Å²) in [5.74, 6) is 0.504. The number of carbonyl (C=O) groups excluding carboxylic acids is 1. The summed E-state index contributed by atoms with van der Waals surface area (Å²) in [7, 11) is -0.550. The van der Waals surface area contributed by atoms with Gasteiger partial charge in [0.15, 0.2) is 5.96 Å². The lowest BCUT2D eigenvalue weighted by molar-refractivity contribution is 0.0972. The van der Waals surface area contributed by atoms with Crippen LogP contribution in [0.3, 0.4) is 0 Å². The van der Waals surface area contributed by atoms with Crippen LogP contribution in [0.1, 0.15) is 16.1 Å². The van der Waals surface area contributed by atoms with E-state index in [1.165, 1.54) is 7.05 Å². The molecule has 2 aromatic rings. The lowest BCUT2D eigenvalue weighted by Crippen LogP contribution is -2.36. The maximum atomic E-state index is 11.9. The van der Waals surface area contributed by atoms with Crippen LogP contribution in [0.5, 0.6) is 5.75 Å². The van der Waals surface area contributed by atoms with Crippen LogP contribution in [-0.2, 0) is 10.1 Å². The molecule has 0 saturated carbocycles. The molecule has 0 atom stereocenters. The second-order valence-corrected chi connectivity index (χ2v) is 6.35. The van der Waals surface area contributed by atoms with Gasteiger partial charge in [0.1, 0.15) is 11.4 Å². The Kier molecular flexibility index (Phi) is 6.32. The van der Waals surface area contributed by atoms with E-state index in [-0.39, 0.29) is 11.9 Å². The average molecular weight is 356 g/mol. The molecule has 1 heterocycles. The number of ether oxygens (including phenoxy) is 1. The average Bonchev–Trinajstić information content (AvgIpc) is 2.89. The number of aryl methyl sites for hydroxylation is 1. The van der Waals surface area contributed by atoms with Crippen LogP contribution in [-0.4, -0.2) is 50.2 Å². The SMILES string of the molecule is CN=C(N)NC(=O)c1cc2c(C)cc(OC)cc2[nH]1.CS(=O)(=O)O. The Morgan fingerprint density at radius 2 is 1.96 bits per heavy atom. The van der Waals surface area contributed by atoms with Gasteiger partial charge < -0.3 is 15.5 Å². The number of amides is 1. The van der Waals surface area contributed by atoms with Crippen molar-refractivity contribution in [1.29, 1.82) is 0 Å². The number of benzene rings is 1. The summed E-state index contributed by atoms with van der Waals surface area (Å²) in [5, 5.41) is 3.45. The topological polar surface area (TPSA) is 147 Å². The maximum absolute atomic E-state index is 11.9. The first-order valence-corrected chi connectivity index (χ1v) is 8.53. The highest BCUT2D eigenvalue weighted by Crippen LogP contribution is 2.25. The number of aromatic amines is 1. The normalized spacial score (nSPS) is 11.6. The third-order valence-electron chi connectivity index (χ3n) is 2.88. The highest BCUT2D eigenvalue weighted by atomic mass is 32.2. The van der Waals surface area contributed by atoms with Gasteiger partial charge in [-0.15, -0.1) is 0 Å². The minimum atomic E-state index is -3.67. The number of nitrogens with zero attached hydrogens (tertiary/aromatic N) is 1. The zero-order valence-electron chi connectivity index (χ0n) is 13.7. The lowest BCUT2D eigenvalue weighted by atomic mass is 10.1. The second kappa shape index (κ2) is 7.79. The van der Waals surface area contributed by atoms with Crippen LogP contribution < -0.4 is 15.8 Å². The van der Waals surface area contributed by atoms with Gasteiger partial charge in [0.2, 0.25) is 0 Å². The molecule has 24 heavy (non-hydrogen) atoms. The summed E-state index contributed by atoms with van der Waals surface area (Å²) in [6.45, 7) is 1.96. The zero-order valence-corrected chi connectivity index (χ0v) is 14.6. The van der Waals surface area contributed by atoms with Crippen LogP contribution in [0.15, 0.2) is 23.2 Å². The number of methoxy groups -OCH3 is 1. The summed E-state index contributed by atoms with van der Waals surface area (Å²) in [6.07, 6.45) is 0.715. The van der Waals surface area contributed by atoms with Gasteiger partial charge in [-0.2, -0.15) is 8.42 Å². The third kappa shape index (κ3) is 5.89. The fourth-order valence-corrected chi connectivity index (χ4v) is 1.87. The molecule has 0 aliphatic carbocycles. The van der Waals surface area contributed by atoms with Gasteiger partial charge in [-0.05, 0) is 24.6 Å².